The summed E-state index contributed by atoms with van der Waals surface area (Å²) in [7, 11) is 1.44. The maximum absolute atomic E-state index is 11.8. The number of ether oxygens (including phenoxy) is 1. The number of carbonyl (C=O) groups excluding carboxylic acids is 1. The van der Waals surface area contributed by atoms with Crippen LogP contribution in [0, 0.1) is 11.3 Å². The van der Waals surface area contributed by atoms with E-state index >= 15 is 0 Å². The molecule has 0 aliphatic rings. The number of nitrogens with one attached hydrogen (secondary N) is 1. The van der Waals surface area contributed by atoms with Crippen LogP contribution in [0.5, 0.6) is 11.5 Å². The van der Waals surface area contributed by atoms with Crippen molar-refractivity contribution in [3.63, 3.8) is 0 Å². The molecule has 0 fully saturated rings. The maximum Gasteiger partial charge on any atom is 0.262 e. The van der Waals surface area contributed by atoms with Crippen molar-refractivity contribution < 1.29 is 14.6 Å². The van der Waals surface area contributed by atoms with Crippen molar-refractivity contribution in [3.8, 4) is 17.6 Å². The third-order valence-electron chi connectivity index (χ3n) is 2.38. The Morgan fingerprint density at radius 2 is 2.20 bits per heavy atom. The first kappa shape index (κ1) is 16.1. The van der Waals surface area contributed by atoms with Gasteiger partial charge in [-0.15, -0.1) is 0 Å². The standard InChI is InChI=1S/C14H15BrN2O3/c1-8(2)17-14(19)10(7-16)4-9-5-12(18)13(20-3)6-11(9)15/h4-6,8,18H,1-3H3,(H,17,19)/b10-4+. The first-order valence-electron chi connectivity index (χ1n) is 5.88. The number of halogens is 1. The van der Waals surface area contributed by atoms with Crippen LogP contribution in [0.15, 0.2) is 22.2 Å². The average Bonchev–Trinajstić information content (AvgIpc) is 2.38. The highest BCUT2D eigenvalue weighted by Crippen LogP contribution is 2.33. The summed E-state index contributed by atoms with van der Waals surface area (Å²) in [5.41, 5.74) is 0.475. The lowest BCUT2D eigenvalue weighted by atomic mass is 10.1. The van der Waals surface area contributed by atoms with E-state index in [1.165, 1.54) is 19.3 Å². The highest BCUT2D eigenvalue weighted by atomic mass is 79.9. The molecule has 1 aromatic carbocycles. The van der Waals surface area contributed by atoms with E-state index in [9.17, 15) is 9.90 Å². The fourth-order valence-corrected chi connectivity index (χ4v) is 1.91. The molecule has 0 atom stereocenters. The van der Waals surface area contributed by atoms with Crippen LogP contribution in [0.2, 0.25) is 0 Å². The SMILES string of the molecule is COc1cc(Br)c(/C=C(\C#N)C(=O)NC(C)C)cc1O. The molecule has 2 N–H and O–H groups in total. The third kappa shape index (κ3) is 4.00. The Labute approximate surface area is 126 Å². The minimum Gasteiger partial charge on any atom is -0.504 e. The average molecular weight is 339 g/mol. The first-order valence-corrected chi connectivity index (χ1v) is 6.67. The molecule has 1 rings (SSSR count). The number of hydrogen-bond donors (Lipinski definition) is 2. The summed E-state index contributed by atoms with van der Waals surface area (Å²) >= 11 is 3.30. The summed E-state index contributed by atoms with van der Waals surface area (Å²) in [5.74, 6) is -0.215. The number of phenols is 1. The quantitative estimate of drug-likeness (QED) is 0.653. The first-order chi connectivity index (χ1) is 9.38. The number of amides is 1. The van der Waals surface area contributed by atoms with Crippen molar-refractivity contribution >= 4 is 27.9 Å². The van der Waals surface area contributed by atoms with E-state index in [0.717, 1.165) is 0 Å². The molecule has 20 heavy (non-hydrogen) atoms. The number of nitrogens with zero attached hydrogens (tertiary/aromatic N) is 1. The van der Waals surface area contributed by atoms with Gasteiger partial charge in [0.05, 0.1) is 7.11 Å². The molecule has 106 valence electrons. The number of methoxy groups -OCH3 is 1. The molecule has 0 aliphatic carbocycles. The van der Waals surface area contributed by atoms with E-state index in [2.05, 4.69) is 21.2 Å². The van der Waals surface area contributed by atoms with Crippen molar-refractivity contribution in [1.29, 1.82) is 5.26 Å². The minimum absolute atomic E-state index is 0.0380. The van der Waals surface area contributed by atoms with Crippen LogP contribution in [0.3, 0.4) is 0 Å². The topological polar surface area (TPSA) is 82.3 Å². The second-order valence-corrected chi connectivity index (χ2v) is 5.20. The third-order valence-corrected chi connectivity index (χ3v) is 3.07. The molecular weight excluding hydrogens is 324 g/mol. The molecule has 1 aromatic rings. The molecule has 1 amide bonds. The van der Waals surface area contributed by atoms with E-state index in [4.69, 9.17) is 10.00 Å². The zero-order valence-electron chi connectivity index (χ0n) is 11.4. The van der Waals surface area contributed by atoms with Gasteiger partial charge in [-0.2, -0.15) is 5.26 Å². The van der Waals surface area contributed by atoms with E-state index < -0.39 is 5.91 Å². The second-order valence-electron chi connectivity index (χ2n) is 4.34. The summed E-state index contributed by atoms with van der Waals surface area (Å²) in [6.07, 6.45) is 1.40. The van der Waals surface area contributed by atoms with Crippen molar-refractivity contribution in [2.75, 3.05) is 7.11 Å². The number of carbonyl (C=O) groups is 1. The Morgan fingerprint density at radius 3 is 2.70 bits per heavy atom. The summed E-state index contributed by atoms with van der Waals surface area (Å²) < 4.78 is 5.58. The van der Waals surface area contributed by atoms with Gasteiger partial charge in [0.1, 0.15) is 11.6 Å². The number of phenolic OH excluding ortho intramolecular Hbond substituents is 1. The number of benzene rings is 1. The molecule has 0 spiro atoms. The van der Waals surface area contributed by atoms with Gasteiger partial charge in [-0.05, 0) is 37.6 Å². The van der Waals surface area contributed by atoms with Gasteiger partial charge in [-0.25, -0.2) is 0 Å². The molecule has 0 saturated carbocycles. The van der Waals surface area contributed by atoms with Gasteiger partial charge in [-0.1, -0.05) is 15.9 Å². The van der Waals surface area contributed by atoms with Crippen molar-refractivity contribution in [2.45, 2.75) is 19.9 Å². The molecule has 5 nitrogen and oxygen atoms in total. The lowest BCUT2D eigenvalue weighted by molar-refractivity contribution is -0.117. The van der Waals surface area contributed by atoms with Crippen LogP contribution in [-0.2, 0) is 4.79 Å². The van der Waals surface area contributed by atoms with E-state index in [-0.39, 0.29) is 17.4 Å². The number of hydrogen-bond acceptors (Lipinski definition) is 4. The molecule has 0 aliphatic heterocycles. The monoisotopic (exact) mass is 338 g/mol. The summed E-state index contributed by atoms with van der Waals surface area (Å²) in [6, 6.07) is 4.77. The normalized spacial score (nSPS) is 11.1. The Kier molecular flexibility index (Phi) is 5.59. The van der Waals surface area contributed by atoms with Crippen LogP contribution in [0.1, 0.15) is 19.4 Å². The molecule has 0 saturated heterocycles. The Bertz CT molecular complexity index is 589. The van der Waals surface area contributed by atoms with Crippen molar-refractivity contribution in [3.05, 3.63) is 27.7 Å². The van der Waals surface area contributed by atoms with Crippen molar-refractivity contribution in [2.24, 2.45) is 0 Å². The van der Waals surface area contributed by atoms with Crippen LogP contribution in [0.25, 0.3) is 6.08 Å². The molecule has 0 radical (unpaired) electrons. The zero-order valence-corrected chi connectivity index (χ0v) is 13.0. The number of aromatic hydroxyl groups is 1. The molecule has 0 bridgehead atoms. The van der Waals surface area contributed by atoms with Gasteiger partial charge in [0.15, 0.2) is 11.5 Å². The van der Waals surface area contributed by atoms with Gasteiger partial charge in [0.2, 0.25) is 0 Å². The van der Waals surface area contributed by atoms with Crippen LogP contribution in [0.4, 0.5) is 0 Å². The summed E-state index contributed by atoms with van der Waals surface area (Å²) in [6.45, 7) is 3.62. The van der Waals surface area contributed by atoms with Gasteiger partial charge >= 0.3 is 0 Å². The van der Waals surface area contributed by atoms with Gasteiger partial charge < -0.3 is 15.2 Å². The van der Waals surface area contributed by atoms with E-state index in [1.54, 1.807) is 6.07 Å². The predicted octanol–water partition coefficient (Wildman–Crippen LogP) is 2.59. The maximum atomic E-state index is 11.8. The van der Waals surface area contributed by atoms with Gasteiger partial charge in [-0.3, -0.25) is 4.79 Å². The highest BCUT2D eigenvalue weighted by Gasteiger charge is 2.12. The molecular formula is C14H15BrN2O3. The Morgan fingerprint density at radius 1 is 1.55 bits per heavy atom. The van der Waals surface area contributed by atoms with E-state index in [0.29, 0.717) is 15.8 Å². The highest BCUT2D eigenvalue weighted by molar-refractivity contribution is 9.10. The minimum atomic E-state index is -0.454. The van der Waals surface area contributed by atoms with E-state index in [1.807, 2.05) is 19.9 Å². The number of rotatable bonds is 4. The summed E-state index contributed by atoms with van der Waals surface area (Å²) in [5, 5.41) is 21.4. The largest absolute Gasteiger partial charge is 0.504 e. The lowest BCUT2D eigenvalue weighted by Crippen LogP contribution is -2.30. The van der Waals surface area contributed by atoms with Gasteiger partial charge in [0, 0.05) is 10.5 Å². The van der Waals surface area contributed by atoms with Crippen LogP contribution >= 0.6 is 15.9 Å². The van der Waals surface area contributed by atoms with Crippen LogP contribution in [-0.4, -0.2) is 24.2 Å². The van der Waals surface area contributed by atoms with Gasteiger partial charge in [0.25, 0.3) is 5.91 Å². The smallest absolute Gasteiger partial charge is 0.262 e. The Hall–Kier alpha value is -2.00. The molecule has 0 heterocycles. The fraction of sp³-hybridized carbons (Fsp3) is 0.286. The predicted molar refractivity (Wildman–Crippen MR) is 79.2 cm³/mol. The number of nitriles is 1. The second kappa shape index (κ2) is 6.96. The summed E-state index contributed by atoms with van der Waals surface area (Å²) in [4.78, 5) is 11.8. The zero-order chi connectivity index (χ0) is 15.3. The molecule has 6 heteroatoms. The van der Waals surface area contributed by atoms with Crippen LogP contribution < -0.4 is 10.1 Å². The molecule has 0 unspecified atom stereocenters. The lowest BCUT2D eigenvalue weighted by Gasteiger charge is -2.09. The van der Waals surface area contributed by atoms with Crippen molar-refractivity contribution in [1.82, 2.24) is 5.32 Å². The fourth-order valence-electron chi connectivity index (χ4n) is 1.48. The Balaban J connectivity index is 3.17. The molecule has 0 aromatic heterocycles.